The van der Waals surface area contributed by atoms with Crippen molar-refractivity contribution in [1.29, 1.82) is 0 Å². The number of rotatable bonds is 4. The number of carbonyl (C=O) groups excluding carboxylic acids is 1. The molecule has 0 bridgehead atoms. The highest BCUT2D eigenvalue weighted by atomic mass is 19.1. The Balaban J connectivity index is 3.03. The molecule has 0 aliphatic carbocycles. The van der Waals surface area contributed by atoms with E-state index in [1.54, 1.807) is 0 Å². The molecule has 0 fully saturated rings. The van der Waals surface area contributed by atoms with Crippen molar-refractivity contribution in [3.05, 3.63) is 51.5 Å². The average molecular weight is 254 g/mol. The number of methoxy groups -OCH3 is 1. The van der Waals surface area contributed by atoms with Gasteiger partial charge in [-0.3, -0.25) is 10.1 Å². The van der Waals surface area contributed by atoms with E-state index < -0.39 is 16.7 Å². The predicted molar refractivity (Wildman–Crippen MR) is 61.0 cm³/mol. The number of benzene rings is 1. The Morgan fingerprint density at radius 1 is 1.61 bits per heavy atom. The van der Waals surface area contributed by atoms with Crippen LogP contribution in [0.5, 0.6) is 0 Å². The zero-order chi connectivity index (χ0) is 13.7. The molecular formula is C11H11FN2O4. The minimum Gasteiger partial charge on any atom is -0.466 e. The van der Waals surface area contributed by atoms with Gasteiger partial charge in [-0.15, -0.1) is 0 Å². The first-order chi connectivity index (χ1) is 8.43. The van der Waals surface area contributed by atoms with Crippen molar-refractivity contribution in [3.63, 3.8) is 0 Å². The van der Waals surface area contributed by atoms with Crippen LogP contribution in [-0.4, -0.2) is 18.0 Å². The summed E-state index contributed by atoms with van der Waals surface area (Å²) in [5.41, 5.74) is 5.41. The van der Waals surface area contributed by atoms with E-state index in [9.17, 15) is 19.3 Å². The minimum atomic E-state index is -0.674. The molecule has 2 N–H and O–H groups in total. The van der Waals surface area contributed by atoms with E-state index in [-0.39, 0.29) is 23.4 Å². The summed E-state index contributed by atoms with van der Waals surface area (Å²) in [6, 6.07) is 3.05. The van der Waals surface area contributed by atoms with Crippen molar-refractivity contribution < 1.29 is 18.8 Å². The summed E-state index contributed by atoms with van der Waals surface area (Å²) in [5, 5.41) is 10.7. The summed E-state index contributed by atoms with van der Waals surface area (Å²) >= 11 is 0. The van der Waals surface area contributed by atoms with Crippen LogP contribution in [0.2, 0.25) is 0 Å². The fourth-order valence-electron chi connectivity index (χ4n) is 1.36. The molecule has 0 spiro atoms. The molecule has 0 aliphatic heterocycles. The van der Waals surface area contributed by atoms with Crippen molar-refractivity contribution in [2.24, 2.45) is 5.73 Å². The molecule has 6 nitrogen and oxygen atoms in total. The number of allylic oxidation sites excluding steroid dienone is 1. The molecule has 18 heavy (non-hydrogen) atoms. The summed E-state index contributed by atoms with van der Waals surface area (Å²) in [5.74, 6) is -1.28. The molecule has 96 valence electrons. The quantitative estimate of drug-likeness (QED) is 0.378. The Labute approximate surface area is 102 Å². The van der Waals surface area contributed by atoms with Crippen LogP contribution in [0, 0.1) is 15.9 Å². The van der Waals surface area contributed by atoms with Crippen LogP contribution in [-0.2, 0) is 16.0 Å². The lowest BCUT2D eigenvalue weighted by molar-refractivity contribution is -0.385. The molecule has 0 unspecified atom stereocenters. The lowest BCUT2D eigenvalue weighted by atomic mass is 10.1. The highest BCUT2D eigenvalue weighted by Gasteiger charge is 2.15. The molecule has 1 rings (SSSR count). The molecule has 0 saturated heterocycles. The fraction of sp³-hybridized carbons (Fsp3) is 0.182. The SMILES string of the molecule is COC(=O)C=C(N)Cc1cc(F)ccc1[N+](=O)[O-]. The monoisotopic (exact) mass is 254 g/mol. The van der Waals surface area contributed by atoms with Crippen LogP contribution in [0.3, 0.4) is 0 Å². The molecular weight excluding hydrogens is 243 g/mol. The van der Waals surface area contributed by atoms with E-state index in [2.05, 4.69) is 4.74 Å². The number of nitrogens with two attached hydrogens (primary N) is 1. The van der Waals surface area contributed by atoms with Crippen molar-refractivity contribution in [2.75, 3.05) is 7.11 Å². The van der Waals surface area contributed by atoms with Gasteiger partial charge in [0.15, 0.2) is 0 Å². The summed E-state index contributed by atoms with van der Waals surface area (Å²) in [7, 11) is 1.18. The number of halogens is 1. The maximum absolute atomic E-state index is 13.0. The molecule has 1 aromatic rings. The van der Waals surface area contributed by atoms with Gasteiger partial charge in [0.25, 0.3) is 5.69 Å². The number of carbonyl (C=O) groups is 1. The zero-order valence-corrected chi connectivity index (χ0v) is 9.55. The number of nitro groups is 1. The Morgan fingerprint density at radius 3 is 2.83 bits per heavy atom. The molecule has 0 aliphatic rings. The lowest BCUT2D eigenvalue weighted by Gasteiger charge is -2.03. The van der Waals surface area contributed by atoms with E-state index in [0.717, 1.165) is 24.3 Å². The van der Waals surface area contributed by atoms with Gasteiger partial charge < -0.3 is 10.5 Å². The summed E-state index contributed by atoms with van der Waals surface area (Å²) in [6.45, 7) is 0. The first kappa shape index (κ1) is 13.6. The summed E-state index contributed by atoms with van der Waals surface area (Å²) in [6.07, 6.45) is 0.887. The maximum Gasteiger partial charge on any atom is 0.332 e. The lowest BCUT2D eigenvalue weighted by Crippen LogP contribution is -2.08. The predicted octanol–water partition coefficient (Wildman–Crippen LogP) is 1.29. The molecule has 0 saturated carbocycles. The number of hydrogen-bond donors (Lipinski definition) is 1. The topological polar surface area (TPSA) is 95.5 Å². The minimum absolute atomic E-state index is 0.0514. The van der Waals surface area contributed by atoms with Crippen LogP contribution in [0.25, 0.3) is 0 Å². The molecule has 0 amide bonds. The molecule has 0 heterocycles. The van der Waals surface area contributed by atoms with Gasteiger partial charge in [-0.25, -0.2) is 9.18 Å². The molecule has 0 atom stereocenters. The van der Waals surface area contributed by atoms with Gasteiger partial charge in [0.1, 0.15) is 5.82 Å². The second-order valence-electron chi connectivity index (χ2n) is 3.45. The van der Waals surface area contributed by atoms with Crippen LogP contribution in [0.1, 0.15) is 5.56 Å². The fourth-order valence-corrected chi connectivity index (χ4v) is 1.36. The smallest absolute Gasteiger partial charge is 0.332 e. The van der Waals surface area contributed by atoms with Crippen LogP contribution >= 0.6 is 0 Å². The second kappa shape index (κ2) is 5.76. The van der Waals surface area contributed by atoms with Crippen molar-refractivity contribution in [2.45, 2.75) is 6.42 Å². The van der Waals surface area contributed by atoms with E-state index in [0.29, 0.717) is 0 Å². The summed E-state index contributed by atoms with van der Waals surface area (Å²) in [4.78, 5) is 21.0. The third kappa shape index (κ3) is 3.55. The van der Waals surface area contributed by atoms with Crippen LogP contribution in [0.4, 0.5) is 10.1 Å². The van der Waals surface area contributed by atoms with Gasteiger partial charge in [0, 0.05) is 29.8 Å². The first-order valence-corrected chi connectivity index (χ1v) is 4.91. The summed E-state index contributed by atoms with van der Waals surface area (Å²) < 4.78 is 17.4. The van der Waals surface area contributed by atoms with Gasteiger partial charge >= 0.3 is 5.97 Å². The second-order valence-corrected chi connectivity index (χ2v) is 3.45. The Hall–Kier alpha value is -2.44. The Morgan fingerprint density at radius 2 is 2.28 bits per heavy atom. The van der Waals surface area contributed by atoms with Gasteiger partial charge in [0.2, 0.25) is 0 Å². The van der Waals surface area contributed by atoms with Gasteiger partial charge in [-0.1, -0.05) is 0 Å². The molecule has 0 aromatic heterocycles. The van der Waals surface area contributed by atoms with E-state index in [1.165, 1.54) is 7.11 Å². The highest BCUT2D eigenvalue weighted by molar-refractivity contribution is 5.82. The number of ether oxygens (including phenoxy) is 1. The van der Waals surface area contributed by atoms with Gasteiger partial charge in [-0.05, 0) is 12.1 Å². The van der Waals surface area contributed by atoms with Crippen LogP contribution in [0.15, 0.2) is 30.0 Å². The number of esters is 1. The van der Waals surface area contributed by atoms with Gasteiger partial charge in [-0.2, -0.15) is 0 Å². The Bertz CT molecular complexity index is 514. The molecule has 1 aromatic carbocycles. The highest BCUT2D eigenvalue weighted by Crippen LogP contribution is 2.21. The molecule has 7 heteroatoms. The Kier molecular flexibility index (Phi) is 4.36. The standard InChI is InChI=1S/C11H11FN2O4/c1-18-11(15)6-9(13)5-7-4-8(12)2-3-10(7)14(16)17/h2-4,6H,5,13H2,1H3. The maximum atomic E-state index is 13.0. The number of nitrogens with zero attached hydrogens (tertiary/aromatic N) is 1. The van der Waals surface area contributed by atoms with E-state index >= 15 is 0 Å². The number of hydrogen-bond acceptors (Lipinski definition) is 5. The van der Waals surface area contributed by atoms with Crippen LogP contribution < -0.4 is 5.73 Å². The van der Waals surface area contributed by atoms with Crippen molar-refractivity contribution in [3.8, 4) is 0 Å². The van der Waals surface area contributed by atoms with Crippen molar-refractivity contribution >= 4 is 11.7 Å². The zero-order valence-electron chi connectivity index (χ0n) is 9.55. The average Bonchev–Trinajstić information content (AvgIpc) is 2.28. The third-order valence-electron chi connectivity index (χ3n) is 2.14. The molecule has 0 radical (unpaired) electrons. The third-order valence-corrected chi connectivity index (χ3v) is 2.14. The number of nitro benzene ring substituents is 1. The first-order valence-electron chi connectivity index (χ1n) is 4.91. The normalized spacial score (nSPS) is 11.1. The van der Waals surface area contributed by atoms with Crippen molar-refractivity contribution in [1.82, 2.24) is 0 Å². The largest absolute Gasteiger partial charge is 0.466 e. The van der Waals surface area contributed by atoms with E-state index in [1.807, 2.05) is 0 Å². The van der Waals surface area contributed by atoms with Gasteiger partial charge in [0.05, 0.1) is 12.0 Å². The van der Waals surface area contributed by atoms with E-state index in [4.69, 9.17) is 5.73 Å².